The Labute approximate surface area is 64.9 Å². The largest absolute Gasteiger partial charge is 0.387 e. The minimum absolute atomic E-state index is 0. The van der Waals surface area contributed by atoms with E-state index in [4.69, 9.17) is 11.1 Å². The van der Waals surface area contributed by atoms with Gasteiger partial charge in [0.15, 0.2) is 0 Å². The molecule has 3 rings (SSSR count). The monoisotopic (exact) mass is 164 g/mol. The van der Waals surface area contributed by atoms with Gasteiger partial charge in [-0.15, -0.1) is 12.4 Å². The van der Waals surface area contributed by atoms with Crippen molar-refractivity contribution in [3.05, 3.63) is 0 Å². The highest BCUT2D eigenvalue weighted by molar-refractivity contribution is 5.87. The number of alkyl halides is 1. The van der Waals surface area contributed by atoms with Crippen LogP contribution in [0.3, 0.4) is 0 Å². The van der Waals surface area contributed by atoms with Gasteiger partial charge in [0.05, 0.1) is 5.84 Å². The van der Waals surface area contributed by atoms with E-state index in [0.717, 1.165) is 0 Å². The van der Waals surface area contributed by atoms with Crippen molar-refractivity contribution < 1.29 is 4.39 Å². The van der Waals surface area contributed by atoms with Crippen LogP contribution in [0.5, 0.6) is 0 Å². The van der Waals surface area contributed by atoms with Crippen molar-refractivity contribution in [2.45, 2.75) is 24.9 Å². The molecule has 3 saturated carbocycles. The highest BCUT2D eigenvalue weighted by Gasteiger charge is 2.70. The van der Waals surface area contributed by atoms with Gasteiger partial charge in [0, 0.05) is 5.41 Å². The van der Waals surface area contributed by atoms with Crippen molar-refractivity contribution in [1.29, 1.82) is 5.41 Å². The summed E-state index contributed by atoms with van der Waals surface area (Å²) in [5.74, 6) is 0.182. The second-order valence-corrected chi connectivity index (χ2v) is 3.38. The number of amidine groups is 1. The maximum atomic E-state index is 12.7. The number of nitrogens with two attached hydrogens (primary N) is 1. The number of rotatable bonds is 1. The smallest absolute Gasteiger partial charge is 0.114 e. The first kappa shape index (κ1) is 7.79. The van der Waals surface area contributed by atoms with E-state index < -0.39 is 5.67 Å². The van der Waals surface area contributed by atoms with Crippen molar-refractivity contribution in [3.63, 3.8) is 0 Å². The van der Waals surface area contributed by atoms with Gasteiger partial charge in [-0.2, -0.15) is 0 Å². The van der Waals surface area contributed by atoms with Crippen LogP contribution in [0.15, 0.2) is 0 Å². The SMILES string of the molecule is Cl.N=C(N)C12CC(F)(C1)C2. The van der Waals surface area contributed by atoms with Gasteiger partial charge < -0.3 is 5.73 Å². The van der Waals surface area contributed by atoms with Gasteiger partial charge >= 0.3 is 0 Å². The second-order valence-electron chi connectivity index (χ2n) is 3.38. The molecule has 0 unspecified atom stereocenters. The first-order valence-electron chi connectivity index (χ1n) is 3.10. The molecule has 0 spiro atoms. The molecule has 0 amide bonds. The van der Waals surface area contributed by atoms with E-state index >= 15 is 0 Å². The zero-order chi connectivity index (χ0) is 6.70. The molecule has 0 aromatic heterocycles. The molecule has 0 atom stereocenters. The zero-order valence-electron chi connectivity index (χ0n) is 5.48. The van der Waals surface area contributed by atoms with E-state index in [2.05, 4.69) is 0 Å². The van der Waals surface area contributed by atoms with Crippen LogP contribution in [-0.4, -0.2) is 11.5 Å². The third-order valence-corrected chi connectivity index (χ3v) is 2.54. The Morgan fingerprint density at radius 2 is 1.80 bits per heavy atom. The maximum absolute atomic E-state index is 12.7. The normalized spacial score (nSPS) is 48.1. The lowest BCUT2D eigenvalue weighted by molar-refractivity contribution is -0.169. The first-order valence-corrected chi connectivity index (χ1v) is 3.10. The fourth-order valence-electron chi connectivity index (χ4n) is 1.95. The van der Waals surface area contributed by atoms with Crippen LogP contribution in [0.1, 0.15) is 19.3 Å². The standard InChI is InChI=1S/C6H9FN2.ClH/c7-6-1-5(2-6,3-6)4(8)9;/h1-3H2,(H3,8,9);1H. The summed E-state index contributed by atoms with van der Waals surface area (Å²) in [7, 11) is 0. The summed E-state index contributed by atoms with van der Waals surface area (Å²) < 4.78 is 12.7. The van der Waals surface area contributed by atoms with Crippen LogP contribution in [0.25, 0.3) is 0 Å². The fourth-order valence-corrected chi connectivity index (χ4v) is 1.95. The molecule has 0 radical (unpaired) electrons. The molecule has 2 nitrogen and oxygen atoms in total. The summed E-state index contributed by atoms with van der Waals surface area (Å²) in [5, 5.41) is 7.08. The van der Waals surface area contributed by atoms with Crippen LogP contribution in [0.4, 0.5) is 4.39 Å². The van der Waals surface area contributed by atoms with Gasteiger partial charge in [0.2, 0.25) is 0 Å². The second kappa shape index (κ2) is 1.64. The van der Waals surface area contributed by atoms with E-state index in [1.807, 2.05) is 0 Å². The van der Waals surface area contributed by atoms with Gasteiger partial charge in [-0.05, 0) is 19.3 Å². The molecule has 0 aromatic carbocycles. The Balaban J connectivity index is 0.000000500. The summed E-state index contributed by atoms with van der Waals surface area (Å²) in [6.45, 7) is 0. The Hall–Kier alpha value is -0.310. The lowest BCUT2D eigenvalue weighted by Gasteiger charge is -2.64. The summed E-state index contributed by atoms with van der Waals surface area (Å²) in [6, 6.07) is 0. The highest BCUT2D eigenvalue weighted by Crippen LogP contribution is 2.69. The summed E-state index contributed by atoms with van der Waals surface area (Å²) in [6.07, 6.45) is 1.53. The van der Waals surface area contributed by atoms with E-state index in [1.54, 1.807) is 0 Å². The molecule has 3 N–H and O–H groups in total. The quantitative estimate of drug-likeness (QED) is 0.445. The molecule has 0 aromatic rings. The average molecular weight is 165 g/mol. The molecule has 10 heavy (non-hydrogen) atoms. The predicted octanol–water partition coefficient (Wildman–Crippen LogP) is 1.24. The molecule has 58 valence electrons. The molecule has 4 heteroatoms. The molecule has 0 saturated heterocycles. The summed E-state index contributed by atoms with van der Waals surface area (Å²) >= 11 is 0. The Bertz CT molecular complexity index is 172. The van der Waals surface area contributed by atoms with E-state index in [0.29, 0.717) is 19.3 Å². The maximum Gasteiger partial charge on any atom is 0.114 e. The number of hydrogen-bond acceptors (Lipinski definition) is 1. The summed E-state index contributed by atoms with van der Waals surface area (Å²) in [4.78, 5) is 0. The third kappa shape index (κ3) is 0.613. The predicted molar refractivity (Wildman–Crippen MR) is 39.3 cm³/mol. The fraction of sp³-hybridized carbons (Fsp3) is 0.833. The third-order valence-electron chi connectivity index (χ3n) is 2.54. The zero-order valence-corrected chi connectivity index (χ0v) is 6.30. The van der Waals surface area contributed by atoms with Crippen LogP contribution >= 0.6 is 12.4 Å². The van der Waals surface area contributed by atoms with Crippen molar-refractivity contribution >= 4 is 18.2 Å². The van der Waals surface area contributed by atoms with Crippen LogP contribution < -0.4 is 5.73 Å². The van der Waals surface area contributed by atoms with E-state index in [-0.39, 0.29) is 23.7 Å². The Morgan fingerprint density at radius 1 is 1.40 bits per heavy atom. The van der Waals surface area contributed by atoms with Gasteiger partial charge in [-0.25, -0.2) is 4.39 Å². The lowest BCUT2D eigenvalue weighted by atomic mass is 9.42. The van der Waals surface area contributed by atoms with Crippen molar-refractivity contribution in [2.24, 2.45) is 11.1 Å². The molecule has 0 aliphatic heterocycles. The van der Waals surface area contributed by atoms with Gasteiger partial charge in [0.25, 0.3) is 0 Å². The van der Waals surface area contributed by atoms with Crippen LogP contribution in [0, 0.1) is 10.8 Å². The molecule has 3 aliphatic rings. The minimum atomic E-state index is -0.911. The lowest BCUT2D eigenvalue weighted by Crippen LogP contribution is -2.69. The minimum Gasteiger partial charge on any atom is -0.387 e. The van der Waals surface area contributed by atoms with E-state index in [1.165, 1.54) is 0 Å². The molecular weight excluding hydrogens is 155 g/mol. The number of hydrogen-bond donors (Lipinski definition) is 2. The van der Waals surface area contributed by atoms with Gasteiger partial charge in [0.1, 0.15) is 5.67 Å². The molecule has 3 fully saturated rings. The van der Waals surface area contributed by atoms with Crippen molar-refractivity contribution in [1.82, 2.24) is 0 Å². The Kier molecular flexibility index (Phi) is 1.28. The molecule has 3 aliphatic carbocycles. The first-order chi connectivity index (χ1) is 4.06. The Morgan fingerprint density at radius 3 is 1.90 bits per heavy atom. The number of halogens is 2. The number of nitrogens with one attached hydrogen (secondary N) is 1. The van der Waals surface area contributed by atoms with Crippen molar-refractivity contribution in [3.8, 4) is 0 Å². The average Bonchev–Trinajstić information content (AvgIpc) is 1.54. The van der Waals surface area contributed by atoms with Gasteiger partial charge in [-0.1, -0.05) is 0 Å². The summed E-state index contributed by atoms with van der Waals surface area (Å²) in [5.41, 5.74) is 4.15. The van der Waals surface area contributed by atoms with E-state index in [9.17, 15) is 4.39 Å². The highest BCUT2D eigenvalue weighted by atomic mass is 35.5. The molecule has 0 heterocycles. The van der Waals surface area contributed by atoms with Crippen molar-refractivity contribution in [2.75, 3.05) is 0 Å². The van der Waals surface area contributed by atoms with Crippen LogP contribution in [0.2, 0.25) is 0 Å². The molecular formula is C6H10ClFN2. The molecule has 2 bridgehead atoms. The van der Waals surface area contributed by atoms with Crippen LogP contribution in [-0.2, 0) is 0 Å². The van der Waals surface area contributed by atoms with Gasteiger partial charge in [-0.3, -0.25) is 5.41 Å². The topological polar surface area (TPSA) is 49.9 Å².